The summed E-state index contributed by atoms with van der Waals surface area (Å²) in [4.78, 5) is 30.4. The summed E-state index contributed by atoms with van der Waals surface area (Å²) >= 11 is 0. The van der Waals surface area contributed by atoms with E-state index in [0.29, 0.717) is 36.2 Å². The highest BCUT2D eigenvalue weighted by Crippen LogP contribution is 2.22. The van der Waals surface area contributed by atoms with Gasteiger partial charge in [-0.15, -0.1) is 0 Å². The Bertz CT molecular complexity index is 1030. The fourth-order valence-corrected chi connectivity index (χ4v) is 3.25. The quantitative estimate of drug-likeness (QED) is 0.658. The standard InChI is InChI=1S/C21H16N4O2/c22-11-15-5-7-16(8-6-15)13-24-14-23-12-17(24)9-10-25-20(26)18-3-1-2-4-19(18)21(25)27/h1-8,12,14H,9-10,13H2. The van der Waals surface area contributed by atoms with Crippen LogP contribution in [0, 0.1) is 11.3 Å². The van der Waals surface area contributed by atoms with E-state index in [2.05, 4.69) is 11.1 Å². The van der Waals surface area contributed by atoms with Crippen molar-refractivity contribution in [2.75, 3.05) is 6.54 Å². The summed E-state index contributed by atoms with van der Waals surface area (Å²) in [7, 11) is 0. The minimum absolute atomic E-state index is 0.242. The molecule has 0 radical (unpaired) electrons. The summed E-state index contributed by atoms with van der Waals surface area (Å²) in [5.74, 6) is -0.484. The van der Waals surface area contributed by atoms with Gasteiger partial charge in [0.25, 0.3) is 11.8 Å². The number of aromatic nitrogens is 2. The molecule has 0 bridgehead atoms. The van der Waals surface area contributed by atoms with Crippen LogP contribution in [0.25, 0.3) is 0 Å². The molecule has 6 nitrogen and oxygen atoms in total. The highest BCUT2D eigenvalue weighted by atomic mass is 16.2. The van der Waals surface area contributed by atoms with Crippen LogP contribution < -0.4 is 0 Å². The third-order valence-corrected chi connectivity index (χ3v) is 4.70. The predicted molar refractivity (Wildman–Crippen MR) is 98.0 cm³/mol. The third-order valence-electron chi connectivity index (χ3n) is 4.70. The van der Waals surface area contributed by atoms with Crippen LogP contribution in [-0.4, -0.2) is 32.8 Å². The first-order chi connectivity index (χ1) is 13.2. The Balaban J connectivity index is 1.46. The van der Waals surface area contributed by atoms with Crippen molar-refractivity contribution in [1.29, 1.82) is 5.26 Å². The van der Waals surface area contributed by atoms with Gasteiger partial charge in [0.15, 0.2) is 0 Å². The molecule has 0 unspecified atom stereocenters. The molecule has 27 heavy (non-hydrogen) atoms. The van der Waals surface area contributed by atoms with Gasteiger partial charge in [-0.3, -0.25) is 14.5 Å². The van der Waals surface area contributed by atoms with Crippen molar-refractivity contribution >= 4 is 11.8 Å². The first-order valence-corrected chi connectivity index (χ1v) is 8.60. The zero-order valence-electron chi connectivity index (χ0n) is 14.5. The number of imidazole rings is 1. The van der Waals surface area contributed by atoms with Crippen LogP contribution in [-0.2, 0) is 13.0 Å². The Morgan fingerprint density at radius 3 is 2.26 bits per heavy atom. The molecule has 0 fully saturated rings. The third kappa shape index (κ3) is 3.11. The number of benzene rings is 2. The van der Waals surface area contributed by atoms with Crippen LogP contribution in [0.4, 0.5) is 0 Å². The predicted octanol–water partition coefficient (Wildman–Crippen LogP) is 2.64. The van der Waals surface area contributed by atoms with Gasteiger partial charge in [0.1, 0.15) is 0 Å². The Labute approximate surface area is 156 Å². The molecule has 132 valence electrons. The van der Waals surface area contributed by atoms with Crippen LogP contribution in [0.3, 0.4) is 0 Å². The van der Waals surface area contributed by atoms with Crippen LogP contribution in [0.1, 0.15) is 37.5 Å². The lowest BCUT2D eigenvalue weighted by Gasteiger charge is -2.14. The zero-order chi connectivity index (χ0) is 18.8. The molecule has 0 atom stereocenters. The molecule has 2 amide bonds. The summed E-state index contributed by atoms with van der Waals surface area (Å²) < 4.78 is 1.99. The smallest absolute Gasteiger partial charge is 0.261 e. The van der Waals surface area contributed by atoms with E-state index in [-0.39, 0.29) is 11.8 Å². The largest absolute Gasteiger partial charge is 0.330 e. The number of imide groups is 1. The second-order valence-corrected chi connectivity index (χ2v) is 6.38. The topological polar surface area (TPSA) is 79.0 Å². The average molecular weight is 356 g/mol. The van der Waals surface area contributed by atoms with Crippen LogP contribution in [0.2, 0.25) is 0 Å². The lowest BCUT2D eigenvalue weighted by molar-refractivity contribution is 0.0655. The number of fused-ring (bicyclic) bond motifs is 1. The highest BCUT2D eigenvalue weighted by Gasteiger charge is 2.34. The van der Waals surface area contributed by atoms with E-state index < -0.39 is 0 Å². The van der Waals surface area contributed by atoms with E-state index >= 15 is 0 Å². The zero-order valence-corrected chi connectivity index (χ0v) is 14.5. The number of nitriles is 1. The molecule has 2 aromatic carbocycles. The molecule has 2 heterocycles. The van der Waals surface area contributed by atoms with E-state index in [1.807, 2.05) is 16.7 Å². The maximum atomic E-state index is 12.5. The van der Waals surface area contributed by atoms with E-state index in [9.17, 15) is 9.59 Å². The van der Waals surface area contributed by atoms with Gasteiger partial charge in [-0.2, -0.15) is 5.26 Å². The molecule has 3 aromatic rings. The van der Waals surface area contributed by atoms with Crippen molar-refractivity contribution < 1.29 is 9.59 Å². The molecule has 0 spiro atoms. The Morgan fingerprint density at radius 1 is 0.963 bits per heavy atom. The summed E-state index contributed by atoms with van der Waals surface area (Å²) in [6, 6.07) is 16.4. The minimum Gasteiger partial charge on any atom is -0.330 e. The Morgan fingerprint density at radius 2 is 1.63 bits per heavy atom. The second-order valence-electron chi connectivity index (χ2n) is 6.38. The Kier molecular flexibility index (Phi) is 4.27. The van der Waals surface area contributed by atoms with Crippen LogP contribution >= 0.6 is 0 Å². The monoisotopic (exact) mass is 356 g/mol. The van der Waals surface area contributed by atoms with Crippen molar-refractivity contribution in [3.05, 3.63) is 89.0 Å². The van der Waals surface area contributed by atoms with Gasteiger partial charge in [-0.25, -0.2) is 4.98 Å². The summed E-state index contributed by atoms with van der Waals surface area (Å²) in [6.07, 6.45) is 4.01. The van der Waals surface area contributed by atoms with Gasteiger partial charge in [-0.05, 0) is 29.8 Å². The highest BCUT2D eigenvalue weighted by molar-refractivity contribution is 6.21. The van der Waals surface area contributed by atoms with Crippen molar-refractivity contribution in [3.8, 4) is 6.07 Å². The number of carbonyl (C=O) groups excluding carboxylic acids is 2. The molecule has 1 aliphatic heterocycles. The van der Waals surface area contributed by atoms with Crippen molar-refractivity contribution in [3.63, 3.8) is 0 Å². The van der Waals surface area contributed by atoms with Gasteiger partial charge in [0.05, 0.1) is 29.1 Å². The fourth-order valence-electron chi connectivity index (χ4n) is 3.25. The molecule has 0 aliphatic carbocycles. The Hall–Kier alpha value is -3.72. The number of amides is 2. The van der Waals surface area contributed by atoms with Crippen molar-refractivity contribution in [2.24, 2.45) is 0 Å². The van der Waals surface area contributed by atoms with Gasteiger partial charge in [-0.1, -0.05) is 24.3 Å². The normalized spacial score (nSPS) is 12.9. The van der Waals surface area contributed by atoms with Crippen molar-refractivity contribution in [1.82, 2.24) is 14.5 Å². The van der Waals surface area contributed by atoms with Gasteiger partial charge >= 0.3 is 0 Å². The number of nitrogens with zero attached hydrogens (tertiary/aromatic N) is 4. The van der Waals surface area contributed by atoms with Gasteiger partial charge < -0.3 is 4.57 Å². The summed E-state index contributed by atoms with van der Waals surface area (Å²) in [5.41, 5.74) is 3.54. The second kappa shape index (κ2) is 6.89. The molecule has 4 rings (SSSR count). The molecule has 0 N–H and O–H groups in total. The number of hydrogen-bond donors (Lipinski definition) is 0. The van der Waals surface area contributed by atoms with E-state index in [0.717, 1.165) is 11.3 Å². The SMILES string of the molecule is N#Cc1ccc(Cn2cncc2CCN2C(=O)c3ccccc3C2=O)cc1. The maximum absolute atomic E-state index is 12.5. The van der Waals surface area contributed by atoms with Crippen molar-refractivity contribution in [2.45, 2.75) is 13.0 Å². The van der Waals surface area contributed by atoms with Gasteiger partial charge in [0.2, 0.25) is 0 Å². The molecule has 0 saturated heterocycles. The number of rotatable bonds is 5. The number of carbonyl (C=O) groups is 2. The molecular formula is C21H16N4O2. The molecule has 6 heteroatoms. The maximum Gasteiger partial charge on any atom is 0.261 e. The molecule has 1 aliphatic rings. The van der Waals surface area contributed by atoms with Crippen LogP contribution in [0.5, 0.6) is 0 Å². The van der Waals surface area contributed by atoms with Gasteiger partial charge in [0, 0.05) is 31.4 Å². The summed E-state index contributed by atoms with van der Waals surface area (Å²) in [5, 5.41) is 8.89. The molecular weight excluding hydrogens is 340 g/mol. The lowest BCUT2D eigenvalue weighted by atomic mass is 10.1. The minimum atomic E-state index is -0.242. The average Bonchev–Trinajstić information content (AvgIpc) is 3.24. The number of hydrogen-bond acceptors (Lipinski definition) is 4. The fraction of sp³-hybridized carbons (Fsp3) is 0.143. The lowest BCUT2D eigenvalue weighted by Crippen LogP contribution is -2.32. The van der Waals surface area contributed by atoms with E-state index in [4.69, 9.17) is 5.26 Å². The molecule has 0 saturated carbocycles. The summed E-state index contributed by atoms with van der Waals surface area (Å²) in [6.45, 7) is 0.925. The van der Waals surface area contributed by atoms with Crippen LogP contribution in [0.15, 0.2) is 61.1 Å². The first-order valence-electron chi connectivity index (χ1n) is 8.60. The van der Waals surface area contributed by atoms with E-state index in [1.54, 1.807) is 48.9 Å². The first kappa shape index (κ1) is 16.7. The van der Waals surface area contributed by atoms with E-state index in [1.165, 1.54) is 4.90 Å². The molecule has 1 aromatic heterocycles.